The first-order valence-electron chi connectivity index (χ1n) is 12.1. The molecule has 0 saturated heterocycles. The molecule has 2 N–H and O–H groups in total. The van der Waals surface area contributed by atoms with Crippen LogP contribution in [0.4, 0.5) is 5.69 Å². The van der Waals surface area contributed by atoms with E-state index in [-0.39, 0.29) is 22.0 Å². The monoisotopic (exact) mass is 580 g/mol. The van der Waals surface area contributed by atoms with Crippen LogP contribution in [0.15, 0.2) is 51.9 Å². The van der Waals surface area contributed by atoms with Gasteiger partial charge in [0.1, 0.15) is 16.5 Å². The number of aromatic nitrogens is 4. The third-order valence-electron chi connectivity index (χ3n) is 6.42. The average Bonchev–Trinajstić information content (AvgIpc) is 3.25. The van der Waals surface area contributed by atoms with Crippen LogP contribution in [0.1, 0.15) is 40.1 Å². The van der Waals surface area contributed by atoms with Gasteiger partial charge in [-0.2, -0.15) is 5.10 Å². The number of rotatable bonds is 6. The molecule has 0 aliphatic carbocycles. The Kier molecular flexibility index (Phi) is 6.84. The molecular weight excluding hydrogens is 556 g/mol. The molecule has 4 aromatic heterocycles. The number of sulfonamides is 1. The van der Waals surface area contributed by atoms with Crippen LogP contribution < -0.4 is 15.5 Å². The number of halogens is 1. The van der Waals surface area contributed by atoms with Crippen molar-refractivity contribution >= 4 is 55.2 Å². The van der Waals surface area contributed by atoms with Crippen LogP contribution in [0, 0.1) is 13.8 Å². The Bertz CT molecular complexity index is 2000. The van der Waals surface area contributed by atoms with E-state index >= 15 is 0 Å². The van der Waals surface area contributed by atoms with Crippen molar-refractivity contribution in [2.45, 2.75) is 26.8 Å². The number of anilines is 1. The van der Waals surface area contributed by atoms with Crippen LogP contribution in [0.25, 0.3) is 33.3 Å². The number of hydrogen-bond acceptors (Lipinski definition) is 9. The molecule has 0 radical (unpaired) electrons. The van der Waals surface area contributed by atoms with E-state index in [0.717, 1.165) is 17.2 Å². The molecule has 0 spiro atoms. The van der Waals surface area contributed by atoms with Gasteiger partial charge >= 0.3 is 0 Å². The lowest BCUT2D eigenvalue weighted by Gasteiger charge is -2.20. The average molecular weight is 581 g/mol. The Labute approximate surface area is 234 Å². The topological polar surface area (TPSA) is 149 Å². The molecule has 206 valence electrons. The van der Waals surface area contributed by atoms with Crippen molar-refractivity contribution in [3.05, 3.63) is 80.5 Å². The molecule has 1 aromatic carbocycles. The molecule has 40 heavy (non-hydrogen) atoms. The van der Waals surface area contributed by atoms with Gasteiger partial charge in [-0.25, -0.2) is 23.1 Å². The van der Waals surface area contributed by atoms with Crippen LogP contribution >= 0.6 is 11.6 Å². The van der Waals surface area contributed by atoms with Crippen LogP contribution in [0.3, 0.4) is 0 Å². The molecule has 1 amide bonds. The van der Waals surface area contributed by atoms with Gasteiger partial charge in [0.25, 0.3) is 5.91 Å². The van der Waals surface area contributed by atoms with E-state index in [2.05, 4.69) is 20.4 Å². The zero-order valence-electron chi connectivity index (χ0n) is 22.2. The largest absolute Gasteiger partial charge is 0.455 e. The van der Waals surface area contributed by atoms with Gasteiger partial charge in [0.05, 0.1) is 29.6 Å². The summed E-state index contributed by atoms with van der Waals surface area (Å²) >= 11 is 6.00. The molecule has 0 fully saturated rings. The van der Waals surface area contributed by atoms with Crippen LogP contribution in [-0.4, -0.2) is 40.3 Å². The molecule has 0 aliphatic rings. The van der Waals surface area contributed by atoms with E-state index < -0.39 is 22.0 Å². The second-order valence-electron chi connectivity index (χ2n) is 9.62. The van der Waals surface area contributed by atoms with Crippen molar-refractivity contribution in [2.75, 3.05) is 11.6 Å². The summed E-state index contributed by atoms with van der Waals surface area (Å²) in [6, 6.07) is 8.02. The van der Waals surface area contributed by atoms with Gasteiger partial charge in [-0.1, -0.05) is 17.7 Å². The highest BCUT2D eigenvalue weighted by atomic mass is 35.5. The first-order valence-corrected chi connectivity index (χ1v) is 14.4. The molecular formula is C27H25ClN6O5S. The smallest absolute Gasteiger partial charge is 0.285 e. The van der Waals surface area contributed by atoms with Gasteiger partial charge in [-0.15, -0.1) is 0 Å². The molecule has 11 nitrogen and oxygen atoms in total. The van der Waals surface area contributed by atoms with Gasteiger partial charge in [0, 0.05) is 35.3 Å². The third-order valence-corrected chi connectivity index (χ3v) is 7.19. The predicted octanol–water partition coefficient (Wildman–Crippen LogP) is 4.27. The van der Waals surface area contributed by atoms with Gasteiger partial charge in [-0.05, 0) is 50.6 Å². The number of nitrogens with zero attached hydrogens (tertiary/aromatic N) is 4. The van der Waals surface area contributed by atoms with Gasteiger partial charge in [0.15, 0.2) is 16.8 Å². The molecule has 0 bridgehead atoms. The fourth-order valence-electron chi connectivity index (χ4n) is 4.58. The van der Waals surface area contributed by atoms with Crippen molar-refractivity contribution in [3.63, 3.8) is 0 Å². The van der Waals surface area contributed by atoms with Crippen molar-refractivity contribution in [3.8, 4) is 11.3 Å². The Balaban J connectivity index is 1.63. The molecule has 1 atom stereocenters. The maximum atomic E-state index is 13.5. The maximum Gasteiger partial charge on any atom is 0.285 e. The van der Waals surface area contributed by atoms with E-state index in [1.165, 1.54) is 12.1 Å². The maximum absolute atomic E-state index is 13.5. The minimum Gasteiger partial charge on any atom is -0.455 e. The lowest BCUT2D eigenvalue weighted by molar-refractivity contribution is 0.0977. The van der Waals surface area contributed by atoms with Gasteiger partial charge < -0.3 is 9.73 Å². The second kappa shape index (κ2) is 10.0. The van der Waals surface area contributed by atoms with E-state index in [9.17, 15) is 18.0 Å². The normalized spacial score (nSPS) is 12.6. The zero-order valence-corrected chi connectivity index (χ0v) is 23.8. The molecule has 4 heterocycles. The van der Waals surface area contributed by atoms with Crippen molar-refractivity contribution in [1.82, 2.24) is 24.5 Å². The summed E-state index contributed by atoms with van der Waals surface area (Å²) in [5.74, 6) is -0.550. The minimum atomic E-state index is -3.84. The van der Waals surface area contributed by atoms with E-state index in [4.69, 9.17) is 16.0 Å². The number of nitrogens with one attached hydrogen (secondary N) is 2. The number of amides is 1. The first kappa shape index (κ1) is 27.3. The number of fused-ring (bicyclic) bond motifs is 2. The van der Waals surface area contributed by atoms with Crippen molar-refractivity contribution in [1.29, 1.82) is 0 Å². The molecule has 0 saturated carbocycles. The van der Waals surface area contributed by atoms with Gasteiger partial charge in [-0.3, -0.25) is 14.3 Å². The zero-order chi connectivity index (χ0) is 28.9. The summed E-state index contributed by atoms with van der Waals surface area (Å²) in [5.41, 5.74) is 3.48. The van der Waals surface area contributed by atoms with Crippen molar-refractivity contribution in [2.24, 2.45) is 7.05 Å². The summed E-state index contributed by atoms with van der Waals surface area (Å²) in [6.45, 7) is 5.40. The SMILES string of the molecule is Cc1cc([C@@H](C)Nc2ccc(Cl)nc2C(=O)NS(C)(=O)=O)c2oc(-c3cnc4c(cnn4C)c3)c(C)c(=O)c2c1. The Morgan fingerprint density at radius 2 is 1.90 bits per heavy atom. The number of benzene rings is 1. The highest BCUT2D eigenvalue weighted by Gasteiger charge is 2.23. The number of carbonyl (C=O) groups is 1. The third kappa shape index (κ3) is 5.15. The fraction of sp³-hybridized carbons (Fsp3) is 0.222. The Hall–Kier alpha value is -4.29. The predicted molar refractivity (Wildman–Crippen MR) is 153 cm³/mol. The van der Waals surface area contributed by atoms with E-state index in [0.29, 0.717) is 39.1 Å². The second-order valence-corrected chi connectivity index (χ2v) is 11.8. The Morgan fingerprint density at radius 1 is 1.15 bits per heavy atom. The molecule has 5 rings (SSSR count). The summed E-state index contributed by atoms with van der Waals surface area (Å²) < 4.78 is 33.3. The highest BCUT2D eigenvalue weighted by Crippen LogP contribution is 2.33. The lowest BCUT2D eigenvalue weighted by Crippen LogP contribution is -2.31. The summed E-state index contributed by atoms with van der Waals surface area (Å²) in [4.78, 5) is 34.7. The molecule has 5 aromatic rings. The highest BCUT2D eigenvalue weighted by molar-refractivity contribution is 7.89. The van der Waals surface area contributed by atoms with Crippen LogP contribution in [0.2, 0.25) is 5.15 Å². The molecule has 13 heteroatoms. The quantitative estimate of drug-likeness (QED) is 0.281. The van der Waals surface area contributed by atoms with Crippen LogP contribution in [-0.2, 0) is 17.1 Å². The lowest BCUT2D eigenvalue weighted by atomic mass is 9.99. The number of aryl methyl sites for hydroxylation is 2. The standard InChI is InChI=1S/C27H25ClN6O5S/c1-13-8-18(15(3)31-20-6-7-21(28)32-22(20)27(36)33-40(5,37)38)25-19(9-13)23(35)14(2)24(39-25)16-10-17-12-30-34(4)26(17)29-11-16/h6-12,15,31H,1-5H3,(H,33,36)/t15-/m1/s1. The summed E-state index contributed by atoms with van der Waals surface area (Å²) in [5, 5.41) is 8.65. The minimum absolute atomic E-state index is 0.0168. The van der Waals surface area contributed by atoms with Crippen LogP contribution in [0.5, 0.6) is 0 Å². The Morgan fingerprint density at radius 3 is 2.62 bits per heavy atom. The number of pyridine rings is 2. The molecule has 0 unspecified atom stereocenters. The number of hydrogen-bond donors (Lipinski definition) is 2. The van der Waals surface area contributed by atoms with Gasteiger partial charge in [0.2, 0.25) is 10.0 Å². The first-order chi connectivity index (χ1) is 18.8. The van der Waals surface area contributed by atoms with Crippen molar-refractivity contribution < 1.29 is 17.6 Å². The summed E-state index contributed by atoms with van der Waals surface area (Å²) in [6.07, 6.45) is 4.20. The fourth-order valence-corrected chi connectivity index (χ4v) is 5.17. The summed E-state index contributed by atoms with van der Waals surface area (Å²) in [7, 11) is -2.04. The van der Waals surface area contributed by atoms with E-state index in [1.54, 1.807) is 37.1 Å². The van der Waals surface area contributed by atoms with E-state index in [1.807, 2.05) is 30.7 Å². The molecule has 0 aliphatic heterocycles. The number of carbonyl (C=O) groups excluding carboxylic acids is 1.